The molecule has 4 nitrogen and oxygen atoms in total. The van der Waals surface area contributed by atoms with E-state index in [9.17, 15) is 22.8 Å². The number of alkyl halides is 3. The van der Waals surface area contributed by atoms with Gasteiger partial charge in [-0.25, -0.2) is 0 Å². The summed E-state index contributed by atoms with van der Waals surface area (Å²) < 4.78 is 39.7. The van der Waals surface area contributed by atoms with Crippen LogP contribution in [0, 0.1) is 0 Å². The van der Waals surface area contributed by atoms with Gasteiger partial charge in [0.1, 0.15) is 5.75 Å². The van der Waals surface area contributed by atoms with E-state index in [1.807, 2.05) is 0 Å². The van der Waals surface area contributed by atoms with Gasteiger partial charge in [0.15, 0.2) is 0 Å². The van der Waals surface area contributed by atoms with Crippen LogP contribution in [0.2, 0.25) is 0 Å². The highest BCUT2D eigenvalue weighted by Gasteiger charge is 2.37. The Morgan fingerprint density at radius 2 is 1.79 bits per heavy atom. The maximum Gasteiger partial charge on any atom is 0.573 e. The zero-order valence-corrected chi connectivity index (χ0v) is 9.90. The Bertz CT molecular complexity index is 510. The zero-order chi connectivity index (χ0) is 14.2. The monoisotopic (exact) mass is 273 g/mol. The number of likely N-dealkylation sites (N-methyl/N-ethyl adjacent to an activating group) is 1. The normalized spacial score (nSPS) is 20.0. The van der Waals surface area contributed by atoms with Gasteiger partial charge in [-0.05, 0) is 17.7 Å². The summed E-state index contributed by atoms with van der Waals surface area (Å²) in [6.07, 6.45) is -4.71. The Kier molecular flexibility index (Phi) is 3.21. The molecule has 0 N–H and O–H groups in total. The van der Waals surface area contributed by atoms with E-state index in [0.29, 0.717) is 5.56 Å². The first-order valence-electron chi connectivity index (χ1n) is 5.44. The molecule has 1 unspecified atom stereocenters. The lowest BCUT2D eigenvalue weighted by Crippen LogP contribution is -2.25. The fourth-order valence-corrected chi connectivity index (χ4v) is 1.92. The minimum absolute atomic E-state index is 0.0365. The van der Waals surface area contributed by atoms with E-state index in [4.69, 9.17) is 0 Å². The van der Waals surface area contributed by atoms with Crippen LogP contribution in [0.4, 0.5) is 13.2 Å². The molecule has 1 aliphatic rings. The van der Waals surface area contributed by atoms with Crippen LogP contribution in [0.25, 0.3) is 0 Å². The van der Waals surface area contributed by atoms with Crippen molar-refractivity contribution in [1.82, 2.24) is 4.90 Å². The van der Waals surface area contributed by atoms with Crippen molar-refractivity contribution in [3.05, 3.63) is 29.8 Å². The molecule has 1 heterocycles. The van der Waals surface area contributed by atoms with Crippen LogP contribution < -0.4 is 4.74 Å². The van der Waals surface area contributed by atoms with E-state index in [-0.39, 0.29) is 24.0 Å². The minimum Gasteiger partial charge on any atom is -0.406 e. The molecule has 19 heavy (non-hydrogen) atoms. The molecule has 0 spiro atoms. The third-order valence-corrected chi connectivity index (χ3v) is 2.90. The number of benzene rings is 1. The summed E-state index contributed by atoms with van der Waals surface area (Å²) in [6, 6.07) is 4.96. The number of amides is 2. The van der Waals surface area contributed by atoms with Crippen LogP contribution in [0.5, 0.6) is 5.75 Å². The van der Waals surface area contributed by atoms with Gasteiger partial charge in [-0.3, -0.25) is 14.5 Å². The molecule has 1 aliphatic heterocycles. The Hall–Kier alpha value is -2.05. The maximum atomic E-state index is 12.0. The molecule has 0 bridgehead atoms. The number of imide groups is 1. The number of rotatable bonds is 2. The predicted octanol–water partition coefficient (Wildman–Crippen LogP) is 2.06. The van der Waals surface area contributed by atoms with Gasteiger partial charge < -0.3 is 4.74 Å². The number of carbonyl (C=O) groups excluding carboxylic acids is 2. The van der Waals surface area contributed by atoms with Gasteiger partial charge in [0.05, 0.1) is 5.92 Å². The van der Waals surface area contributed by atoms with E-state index < -0.39 is 12.3 Å². The lowest BCUT2D eigenvalue weighted by atomic mass is 9.97. The van der Waals surface area contributed by atoms with Crippen molar-refractivity contribution >= 4 is 11.8 Å². The van der Waals surface area contributed by atoms with Gasteiger partial charge in [-0.1, -0.05) is 12.1 Å². The van der Waals surface area contributed by atoms with E-state index in [1.54, 1.807) is 0 Å². The van der Waals surface area contributed by atoms with Gasteiger partial charge in [0, 0.05) is 13.5 Å². The van der Waals surface area contributed by atoms with Crippen molar-refractivity contribution in [2.75, 3.05) is 7.05 Å². The average Bonchev–Trinajstić information content (AvgIpc) is 2.56. The Labute approximate surface area is 106 Å². The van der Waals surface area contributed by atoms with Crippen molar-refractivity contribution in [2.45, 2.75) is 18.7 Å². The van der Waals surface area contributed by atoms with Crippen molar-refractivity contribution in [2.24, 2.45) is 0 Å². The second-order valence-corrected chi connectivity index (χ2v) is 4.16. The van der Waals surface area contributed by atoms with Gasteiger partial charge in [-0.2, -0.15) is 0 Å². The van der Waals surface area contributed by atoms with Crippen molar-refractivity contribution in [3.63, 3.8) is 0 Å². The topological polar surface area (TPSA) is 46.6 Å². The third-order valence-electron chi connectivity index (χ3n) is 2.90. The molecule has 0 radical (unpaired) electrons. The van der Waals surface area contributed by atoms with E-state index in [1.165, 1.54) is 19.2 Å². The summed E-state index contributed by atoms with van der Waals surface area (Å²) in [5.41, 5.74) is 0.497. The van der Waals surface area contributed by atoms with Crippen LogP contribution in [0.3, 0.4) is 0 Å². The van der Waals surface area contributed by atoms with E-state index >= 15 is 0 Å². The Balaban J connectivity index is 2.15. The molecule has 1 saturated heterocycles. The SMILES string of the molecule is CN1C(=O)CC(c2ccc(OC(F)(F)F)cc2)C1=O. The fourth-order valence-electron chi connectivity index (χ4n) is 1.92. The number of hydrogen-bond donors (Lipinski definition) is 0. The number of halogens is 3. The van der Waals surface area contributed by atoms with Gasteiger partial charge in [0.25, 0.3) is 0 Å². The highest BCUT2D eigenvalue weighted by Crippen LogP contribution is 2.30. The van der Waals surface area contributed by atoms with Crippen molar-refractivity contribution in [1.29, 1.82) is 0 Å². The summed E-state index contributed by atoms with van der Waals surface area (Å²) in [7, 11) is 1.38. The molecule has 2 amide bonds. The maximum absolute atomic E-state index is 12.0. The molecule has 7 heteroatoms. The summed E-state index contributed by atoms with van der Waals surface area (Å²) in [4.78, 5) is 24.1. The van der Waals surface area contributed by atoms with Crippen molar-refractivity contribution < 1.29 is 27.5 Å². The summed E-state index contributed by atoms with van der Waals surface area (Å²) >= 11 is 0. The second kappa shape index (κ2) is 4.56. The molecule has 1 aromatic carbocycles. The van der Waals surface area contributed by atoms with E-state index in [2.05, 4.69) is 4.74 Å². The quantitative estimate of drug-likeness (QED) is 0.775. The zero-order valence-electron chi connectivity index (χ0n) is 9.90. The standard InChI is InChI=1S/C12H10F3NO3/c1-16-10(17)6-9(11(16)18)7-2-4-8(5-3-7)19-12(13,14)15/h2-5,9H,6H2,1H3. The van der Waals surface area contributed by atoms with Crippen LogP contribution in [-0.4, -0.2) is 30.1 Å². The van der Waals surface area contributed by atoms with Crippen LogP contribution in [0.1, 0.15) is 17.9 Å². The van der Waals surface area contributed by atoms with Gasteiger partial charge >= 0.3 is 6.36 Å². The number of nitrogens with zero attached hydrogens (tertiary/aromatic N) is 1. The summed E-state index contributed by atoms with van der Waals surface area (Å²) in [5, 5.41) is 0. The van der Waals surface area contributed by atoms with E-state index in [0.717, 1.165) is 17.0 Å². The van der Waals surface area contributed by atoms with Gasteiger partial charge in [0.2, 0.25) is 11.8 Å². The second-order valence-electron chi connectivity index (χ2n) is 4.16. The lowest BCUT2D eigenvalue weighted by Gasteiger charge is -2.11. The first-order chi connectivity index (χ1) is 8.78. The fraction of sp³-hybridized carbons (Fsp3) is 0.333. The molecular weight excluding hydrogens is 263 g/mol. The molecular formula is C12H10F3NO3. The largest absolute Gasteiger partial charge is 0.573 e. The Morgan fingerprint density at radius 1 is 1.21 bits per heavy atom. The highest BCUT2D eigenvalue weighted by molar-refractivity contribution is 6.05. The number of likely N-dealkylation sites (tertiary alicyclic amines) is 1. The first kappa shape index (κ1) is 13.4. The highest BCUT2D eigenvalue weighted by atomic mass is 19.4. The van der Waals surface area contributed by atoms with Crippen LogP contribution >= 0.6 is 0 Å². The molecule has 102 valence electrons. The average molecular weight is 273 g/mol. The van der Waals surface area contributed by atoms with Crippen LogP contribution in [-0.2, 0) is 9.59 Å². The van der Waals surface area contributed by atoms with Gasteiger partial charge in [-0.15, -0.1) is 13.2 Å². The first-order valence-corrected chi connectivity index (χ1v) is 5.44. The smallest absolute Gasteiger partial charge is 0.406 e. The predicted molar refractivity (Wildman–Crippen MR) is 58.3 cm³/mol. The van der Waals surface area contributed by atoms with Crippen molar-refractivity contribution in [3.8, 4) is 5.75 Å². The minimum atomic E-state index is -4.75. The van der Waals surface area contributed by atoms with Crippen LogP contribution in [0.15, 0.2) is 24.3 Å². The molecule has 2 rings (SSSR count). The number of hydrogen-bond acceptors (Lipinski definition) is 3. The molecule has 0 aliphatic carbocycles. The molecule has 1 fully saturated rings. The molecule has 0 aromatic heterocycles. The summed E-state index contributed by atoms with van der Waals surface area (Å²) in [5.74, 6) is -1.64. The number of ether oxygens (including phenoxy) is 1. The molecule has 0 saturated carbocycles. The number of carbonyl (C=O) groups is 2. The molecule has 1 atom stereocenters. The Morgan fingerprint density at radius 3 is 2.21 bits per heavy atom. The lowest BCUT2D eigenvalue weighted by molar-refractivity contribution is -0.274. The molecule has 1 aromatic rings. The summed E-state index contributed by atoms with van der Waals surface area (Å²) in [6.45, 7) is 0. The third kappa shape index (κ3) is 2.86.